The molecule has 1 saturated heterocycles. The molecule has 100 valence electrons. The van der Waals surface area contributed by atoms with Crippen molar-refractivity contribution in [2.24, 2.45) is 0 Å². The number of hydrogen-bond donors (Lipinski definition) is 0. The Morgan fingerprint density at radius 1 is 0.889 bits per heavy atom. The minimum atomic E-state index is -3.61. The monoisotopic (exact) mass is 287 g/mol. The van der Waals surface area contributed by atoms with Crippen LogP contribution in [0.15, 0.2) is 29.2 Å². The van der Waals surface area contributed by atoms with E-state index >= 15 is 0 Å². The van der Waals surface area contributed by atoms with E-state index in [1.54, 1.807) is 12.1 Å². The molecule has 0 spiro atoms. The predicted molar refractivity (Wildman–Crippen MR) is 74.8 cm³/mol. The Balaban J connectivity index is 2.12. The van der Waals surface area contributed by atoms with Gasteiger partial charge < -0.3 is 4.90 Å². The van der Waals surface area contributed by atoms with Crippen LogP contribution in [0.4, 0.5) is 5.69 Å². The van der Waals surface area contributed by atoms with Gasteiger partial charge in [0, 0.05) is 29.5 Å². The molecule has 0 amide bonds. The smallest absolute Gasteiger partial charge is 0.261 e. The maximum absolute atomic E-state index is 11.2. The van der Waals surface area contributed by atoms with Gasteiger partial charge >= 0.3 is 0 Å². The Bertz CT molecular complexity index is 476. The molecular formula is C13H18ClNO2S. The van der Waals surface area contributed by atoms with Gasteiger partial charge in [0.25, 0.3) is 9.05 Å². The highest BCUT2D eigenvalue weighted by Gasteiger charge is 2.12. The fourth-order valence-electron chi connectivity index (χ4n) is 2.33. The molecule has 0 saturated carbocycles. The molecule has 0 unspecified atom stereocenters. The lowest BCUT2D eigenvalue weighted by molar-refractivity contribution is 0.556. The molecule has 1 aliphatic rings. The molecule has 0 atom stereocenters. The van der Waals surface area contributed by atoms with Gasteiger partial charge in [-0.05, 0) is 37.1 Å². The molecule has 0 aromatic heterocycles. The van der Waals surface area contributed by atoms with E-state index in [0.29, 0.717) is 0 Å². The maximum atomic E-state index is 11.2. The summed E-state index contributed by atoms with van der Waals surface area (Å²) in [6.07, 6.45) is 6.30. The SMILES string of the molecule is O=S(=O)(Cl)c1ccc(N2CCCCCCC2)cc1. The van der Waals surface area contributed by atoms with Gasteiger partial charge in [0.15, 0.2) is 0 Å². The summed E-state index contributed by atoms with van der Waals surface area (Å²) >= 11 is 0. The second kappa shape index (κ2) is 5.93. The first kappa shape index (κ1) is 13.7. The van der Waals surface area contributed by atoms with E-state index in [2.05, 4.69) is 4.90 Å². The van der Waals surface area contributed by atoms with Gasteiger partial charge in [0.05, 0.1) is 4.90 Å². The molecule has 1 aromatic carbocycles. The molecule has 0 aliphatic carbocycles. The number of nitrogens with zero attached hydrogens (tertiary/aromatic N) is 1. The molecule has 5 heteroatoms. The quantitative estimate of drug-likeness (QED) is 0.783. The second-order valence-electron chi connectivity index (χ2n) is 4.69. The van der Waals surface area contributed by atoms with Crippen LogP contribution in [0.1, 0.15) is 32.1 Å². The van der Waals surface area contributed by atoms with Crippen LogP contribution >= 0.6 is 10.7 Å². The first-order valence-electron chi connectivity index (χ1n) is 6.37. The zero-order valence-corrected chi connectivity index (χ0v) is 11.9. The van der Waals surface area contributed by atoms with E-state index in [0.717, 1.165) is 18.8 Å². The fraction of sp³-hybridized carbons (Fsp3) is 0.538. The molecule has 0 N–H and O–H groups in total. The summed E-state index contributed by atoms with van der Waals surface area (Å²) in [4.78, 5) is 2.49. The van der Waals surface area contributed by atoms with Crippen LogP contribution in [-0.2, 0) is 9.05 Å². The van der Waals surface area contributed by atoms with E-state index in [1.165, 1.54) is 32.1 Å². The van der Waals surface area contributed by atoms with Gasteiger partial charge in [-0.2, -0.15) is 0 Å². The molecule has 1 aliphatic heterocycles. The van der Waals surface area contributed by atoms with Gasteiger partial charge in [-0.15, -0.1) is 0 Å². The summed E-state index contributed by atoms with van der Waals surface area (Å²) in [5.41, 5.74) is 1.08. The maximum Gasteiger partial charge on any atom is 0.261 e. The van der Waals surface area contributed by atoms with Crippen molar-refractivity contribution in [1.29, 1.82) is 0 Å². The van der Waals surface area contributed by atoms with Crippen molar-refractivity contribution in [3.63, 3.8) is 0 Å². The molecule has 2 rings (SSSR count). The zero-order chi connectivity index (χ0) is 13.0. The van der Waals surface area contributed by atoms with Crippen molar-refractivity contribution in [2.75, 3.05) is 18.0 Å². The van der Waals surface area contributed by atoms with Crippen LogP contribution in [0.5, 0.6) is 0 Å². The number of rotatable bonds is 2. The Morgan fingerprint density at radius 2 is 1.39 bits per heavy atom. The van der Waals surface area contributed by atoms with E-state index in [4.69, 9.17) is 10.7 Å². The van der Waals surface area contributed by atoms with Crippen molar-refractivity contribution >= 4 is 25.4 Å². The second-order valence-corrected chi connectivity index (χ2v) is 7.25. The molecule has 0 bridgehead atoms. The van der Waals surface area contributed by atoms with Crippen LogP contribution in [0.25, 0.3) is 0 Å². The topological polar surface area (TPSA) is 37.4 Å². The molecule has 0 radical (unpaired) electrons. The van der Waals surface area contributed by atoms with Gasteiger partial charge in [-0.1, -0.05) is 19.3 Å². The van der Waals surface area contributed by atoms with Crippen LogP contribution in [0, 0.1) is 0 Å². The van der Waals surface area contributed by atoms with E-state index in [-0.39, 0.29) is 4.90 Å². The molecule has 3 nitrogen and oxygen atoms in total. The van der Waals surface area contributed by atoms with Crippen molar-refractivity contribution in [1.82, 2.24) is 0 Å². The summed E-state index contributed by atoms with van der Waals surface area (Å²) in [6.45, 7) is 2.10. The molecule has 1 heterocycles. The third-order valence-corrected chi connectivity index (χ3v) is 4.71. The van der Waals surface area contributed by atoms with Gasteiger partial charge in [0.2, 0.25) is 0 Å². The van der Waals surface area contributed by atoms with Crippen LogP contribution in [0.3, 0.4) is 0 Å². The summed E-state index contributed by atoms with van der Waals surface area (Å²) < 4.78 is 22.3. The minimum absolute atomic E-state index is 0.167. The Hall–Kier alpha value is -0.740. The lowest BCUT2D eigenvalue weighted by atomic mass is 10.1. The van der Waals surface area contributed by atoms with Crippen LogP contribution in [-0.4, -0.2) is 21.5 Å². The third-order valence-electron chi connectivity index (χ3n) is 3.34. The van der Waals surface area contributed by atoms with Crippen LogP contribution < -0.4 is 4.90 Å². The van der Waals surface area contributed by atoms with Gasteiger partial charge in [0.1, 0.15) is 0 Å². The minimum Gasteiger partial charge on any atom is -0.372 e. The zero-order valence-electron chi connectivity index (χ0n) is 10.3. The van der Waals surface area contributed by atoms with Crippen LogP contribution in [0.2, 0.25) is 0 Å². The summed E-state index contributed by atoms with van der Waals surface area (Å²) in [7, 11) is 1.69. The number of halogens is 1. The van der Waals surface area contributed by atoms with Crippen molar-refractivity contribution in [2.45, 2.75) is 37.0 Å². The van der Waals surface area contributed by atoms with Crippen molar-refractivity contribution in [3.8, 4) is 0 Å². The summed E-state index contributed by atoms with van der Waals surface area (Å²) in [5, 5.41) is 0. The highest BCUT2D eigenvalue weighted by molar-refractivity contribution is 8.13. The molecular weight excluding hydrogens is 270 g/mol. The van der Waals surface area contributed by atoms with Gasteiger partial charge in [-0.3, -0.25) is 0 Å². The Kier molecular flexibility index (Phi) is 4.51. The standard InChI is InChI=1S/C13H18ClNO2S/c14-18(16,17)13-8-6-12(7-9-13)15-10-4-2-1-3-5-11-15/h6-9H,1-5,10-11H2. The highest BCUT2D eigenvalue weighted by Crippen LogP contribution is 2.22. The molecule has 18 heavy (non-hydrogen) atoms. The average molecular weight is 288 g/mol. The number of anilines is 1. The largest absolute Gasteiger partial charge is 0.372 e. The lowest BCUT2D eigenvalue weighted by Crippen LogP contribution is -2.26. The number of hydrogen-bond acceptors (Lipinski definition) is 3. The van der Waals surface area contributed by atoms with Crippen molar-refractivity contribution in [3.05, 3.63) is 24.3 Å². The van der Waals surface area contributed by atoms with E-state index in [9.17, 15) is 8.42 Å². The fourth-order valence-corrected chi connectivity index (χ4v) is 3.09. The van der Waals surface area contributed by atoms with Crippen molar-refractivity contribution < 1.29 is 8.42 Å². The summed E-state index contributed by atoms with van der Waals surface area (Å²) in [6, 6.07) is 6.85. The van der Waals surface area contributed by atoms with E-state index in [1.807, 2.05) is 12.1 Å². The summed E-state index contributed by atoms with van der Waals surface area (Å²) in [5.74, 6) is 0. The highest BCUT2D eigenvalue weighted by atomic mass is 35.7. The molecule has 1 aromatic rings. The Labute approximate surface area is 113 Å². The third kappa shape index (κ3) is 3.62. The van der Waals surface area contributed by atoms with E-state index < -0.39 is 9.05 Å². The average Bonchev–Trinajstić information content (AvgIpc) is 2.27. The predicted octanol–water partition coefficient (Wildman–Crippen LogP) is 3.38. The normalized spacial score (nSPS) is 18.2. The first-order chi connectivity index (χ1) is 8.57. The first-order valence-corrected chi connectivity index (χ1v) is 8.68. The Morgan fingerprint density at radius 3 is 1.89 bits per heavy atom. The molecule has 1 fully saturated rings. The lowest BCUT2D eigenvalue weighted by Gasteiger charge is -2.26. The number of benzene rings is 1. The van der Waals surface area contributed by atoms with Gasteiger partial charge in [-0.25, -0.2) is 8.42 Å².